The summed E-state index contributed by atoms with van der Waals surface area (Å²) in [7, 11) is 4.45. The Balaban J connectivity index is 2.10. The molecule has 3 rings (SSSR count). The Kier molecular flexibility index (Phi) is 4.98. The van der Waals surface area contributed by atoms with Gasteiger partial charge in [0.1, 0.15) is 11.5 Å². The van der Waals surface area contributed by atoms with E-state index in [0.717, 1.165) is 0 Å². The maximum atomic E-state index is 13.0. The standard InChI is InChI=1S/C21H19NO5/c1-25-14-8-4-12(5-9-14)16-18(22)19(23)17(21(27-3)20(16)24)13-6-10-15(26-2)11-7-13/h4-11H,22H2,1-3H3. The molecule has 1 aliphatic rings. The molecule has 0 fully saturated rings. The smallest absolute Gasteiger partial charge is 0.231 e. The summed E-state index contributed by atoms with van der Waals surface area (Å²) in [5.41, 5.74) is 7.28. The van der Waals surface area contributed by atoms with Crippen molar-refractivity contribution < 1.29 is 23.8 Å². The average molecular weight is 365 g/mol. The second-order valence-corrected chi connectivity index (χ2v) is 5.81. The molecule has 6 heteroatoms. The SMILES string of the molecule is COC1=C(c2ccc(OC)cc2)C(=O)C(N)=C(c2ccc(OC)cc2)C1=O. The number of carbonyl (C=O) groups excluding carboxylic acids is 2. The summed E-state index contributed by atoms with van der Waals surface area (Å²) in [6.07, 6.45) is 0. The Morgan fingerprint density at radius 1 is 0.630 bits per heavy atom. The lowest BCUT2D eigenvalue weighted by Crippen LogP contribution is -2.27. The molecule has 2 aromatic rings. The largest absolute Gasteiger partial charge is 0.497 e. The first kappa shape index (κ1) is 18.3. The van der Waals surface area contributed by atoms with E-state index in [-0.39, 0.29) is 22.6 Å². The van der Waals surface area contributed by atoms with Gasteiger partial charge in [0.25, 0.3) is 0 Å². The fourth-order valence-electron chi connectivity index (χ4n) is 2.96. The molecule has 0 saturated heterocycles. The van der Waals surface area contributed by atoms with Crippen LogP contribution in [0.2, 0.25) is 0 Å². The summed E-state index contributed by atoms with van der Waals surface area (Å²) >= 11 is 0. The molecule has 1 aliphatic carbocycles. The van der Waals surface area contributed by atoms with Gasteiger partial charge in [-0.1, -0.05) is 24.3 Å². The molecule has 0 heterocycles. The first-order chi connectivity index (χ1) is 13.0. The summed E-state index contributed by atoms with van der Waals surface area (Å²) in [6.45, 7) is 0. The van der Waals surface area contributed by atoms with Crippen LogP contribution >= 0.6 is 0 Å². The molecule has 0 radical (unpaired) electrons. The number of ketones is 2. The van der Waals surface area contributed by atoms with Crippen LogP contribution < -0.4 is 15.2 Å². The highest BCUT2D eigenvalue weighted by molar-refractivity contribution is 6.47. The zero-order chi connectivity index (χ0) is 19.6. The van der Waals surface area contributed by atoms with E-state index in [9.17, 15) is 9.59 Å². The molecule has 0 atom stereocenters. The molecule has 0 amide bonds. The van der Waals surface area contributed by atoms with Crippen molar-refractivity contribution in [1.82, 2.24) is 0 Å². The van der Waals surface area contributed by atoms with Crippen molar-refractivity contribution in [3.63, 3.8) is 0 Å². The van der Waals surface area contributed by atoms with Crippen LogP contribution in [0.25, 0.3) is 11.1 Å². The molecule has 2 N–H and O–H groups in total. The van der Waals surface area contributed by atoms with Crippen molar-refractivity contribution in [2.24, 2.45) is 5.73 Å². The van der Waals surface area contributed by atoms with Gasteiger partial charge in [0.05, 0.1) is 38.2 Å². The summed E-state index contributed by atoms with van der Waals surface area (Å²) in [4.78, 5) is 26.0. The molecule has 138 valence electrons. The van der Waals surface area contributed by atoms with E-state index >= 15 is 0 Å². The minimum atomic E-state index is -0.456. The van der Waals surface area contributed by atoms with E-state index < -0.39 is 11.6 Å². The van der Waals surface area contributed by atoms with Crippen LogP contribution in [0.5, 0.6) is 11.5 Å². The van der Waals surface area contributed by atoms with Crippen molar-refractivity contribution in [3.05, 3.63) is 71.1 Å². The lowest BCUT2D eigenvalue weighted by atomic mass is 9.85. The Morgan fingerprint density at radius 2 is 1.07 bits per heavy atom. The summed E-state index contributed by atoms with van der Waals surface area (Å²) in [6, 6.07) is 13.5. The van der Waals surface area contributed by atoms with E-state index in [1.807, 2.05) is 0 Å². The van der Waals surface area contributed by atoms with E-state index in [2.05, 4.69) is 0 Å². The number of nitrogens with two attached hydrogens (primary N) is 1. The van der Waals surface area contributed by atoms with Gasteiger partial charge in [0.15, 0.2) is 5.76 Å². The van der Waals surface area contributed by atoms with Gasteiger partial charge in [-0.25, -0.2) is 0 Å². The van der Waals surface area contributed by atoms with Gasteiger partial charge in [-0.2, -0.15) is 0 Å². The Hall–Kier alpha value is -3.54. The highest BCUT2D eigenvalue weighted by Crippen LogP contribution is 2.35. The van der Waals surface area contributed by atoms with Crippen molar-refractivity contribution in [2.75, 3.05) is 21.3 Å². The number of benzene rings is 2. The maximum Gasteiger partial charge on any atom is 0.231 e. The van der Waals surface area contributed by atoms with Gasteiger partial charge >= 0.3 is 0 Å². The molecule has 6 nitrogen and oxygen atoms in total. The van der Waals surface area contributed by atoms with Crippen molar-refractivity contribution >= 4 is 22.7 Å². The van der Waals surface area contributed by atoms with E-state index in [4.69, 9.17) is 19.9 Å². The topological polar surface area (TPSA) is 87.8 Å². The summed E-state index contributed by atoms with van der Waals surface area (Å²) in [5.74, 6) is 0.336. The second kappa shape index (κ2) is 7.37. The van der Waals surface area contributed by atoms with E-state index in [1.165, 1.54) is 7.11 Å². The molecule has 0 unspecified atom stereocenters. The van der Waals surface area contributed by atoms with Gasteiger partial charge in [-0.15, -0.1) is 0 Å². The number of carbonyl (C=O) groups is 2. The summed E-state index contributed by atoms with van der Waals surface area (Å²) < 4.78 is 15.6. The molecule has 2 aromatic carbocycles. The van der Waals surface area contributed by atoms with Gasteiger partial charge in [0.2, 0.25) is 11.6 Å². The Morgan fingerprint density at radius 3 is 1.48 bits per heavy atom. The van der Waals surface area contributed by atoms with E-state index in [1.54, 1.807) is 62.8 Å². The van der Waals surface area contributed by atoms with Crippen molar-refractivity contribution in [2.45, 2.75) is 0 Å². The zero-order valence-corrected chi connectivity index (χ0v) is 15.2. The molecular formula is C21H19NO5. The van der Waals surface area contributed by atoms with Crippen LogP contribution in [-0.4, -0.2) is 32.9 Å². The molecule has 27 heavy (non-hydrogen) atoms. The number of allylic oxidation sites excluding steroid dienone is 2. The molecule has 0 saturated carbocycles. The van der Waals surface area contributed by atoms with E-state index in [0.29, 0.717) is 22.6 Å². The number of hydrogen-bond acceptors (Lipinski definition) is 6. The van der Waals surface area contributed by atoms with Gasteiger partial charge in [-0.3, -0.25) is 9.59 Å². The monoisotopic (exact) mass is 365 g/mol. The lowest BCUT2D eigenvalue weighted by Gasteiger charge is -2.21. The summed E-state index contributed by atoms with van der Waals surface area (Å²) in [5, 5.41) is 0. The quantitative estimate of drug-likeness (QED) is 0.820. The number of rotatable bonds is 5. The second-order valence-electron chi connectivity index (χ2n) is 5.81. The van der Waals surface area contributed by atoms with Gasteiger partial charge in [0, 0.05) is 0 Å². The predicted molar refractivity (Wildman–Crippen MR) is 101 cm³/mol. The molecule has 0 spiro atoms. The maximum absolute atomic E-state index is 13.0. The average Bonchev–Trinajstić information content (AvgIpc) is 2.71. The molecule has 0 aliphatic heterocycles. The number of ether oxygens (including phenoxy) is 3. The minimum Gasteiger partial charge on any atom is -0.497 e. The van der Waals surface area contributed by atoms with Crippen LogP contribution in [0, 0.1) is 0 Å². The third kappa shape index (κ3) is 3.17. The van der Waals surface area contributed by atoms with Crippen LogP contribution in [0.4, 0.5) is 0 Å². The molecule has 0 aromatic heterocycles. The number of hydrogen-bond donors (Lipinski definition) is 1. The highest BCUT2D eigenvalue weighted by Gasteiger charge is 2.35. The third-order valence-electron chi connectivity index (χ3n) is 4.36. The normalized spacial score (nSPS) is 14.5. The van der Waals surface area contributed by atoms with Gasteiger partial charge in [-0.05, 0) is 35.4 Å². The number of Topliss-reactive ketones (excluding diaryl/α,β-unsaturated/α-hetero) is 2. The predicted octanol–water partition coefficient (Wildman–Crippen LogP) is 2.58. The van der Waals surface area contributed by atoms with Gasteiger partial charge < -0.3 is 19.9 Å². The first-order valence-electron chi connectivity index (χ1n) is 8.18. The Bertz CT molecular complexity index is 953. The van der Waals surface area contributed by atoms with Crippen molar-refractivity contribution in [3.8, 4) is 11.5 Å². The van der Waals surface area contributed by atoms with Crippen molar-refractivity contribution in [1.29, 1.82) is 0 Å². The molecule has 0 bridgehead atoms. The molecular weight excluding hydrogens is 346 g/mol. The third-order valence-corrected chi connectivity index (χ3v) is 4.36. The number of methoxy groups -OCH3 is 3. The van der Waals surface area contributed by atoms with Crippen LogP contribution in [-0.2, 0) is 14.3 Å². The first-order valence-corrected chi connectivity index (χ1v) is 8.18. The Labute approximate surface area is 156 Å². The fourth-order valence-corrected chi connectivity index (χ4v) is 2.96. The van der Waals surface area contributed by atoms with Crippen LogP contribution in [0.3, 0.4) is 0 Å². The fraction of sp³-hybridized carbons (Fsp3) is 0.143. The van der Waals surface area contributed by atoms with Crippen LogP contribution in [0.15, 0.2) is 60.0 Å². The van der Waals surface area contributed by atoms with Crippen LogP contribution in [0.1, 0.15) is 11.1 Å². The highest BCUT2D eigenvalue weighted by atomic mass is 16.5. The minimum absolute atomic E-state index is 0.0369. The zero-order valence-electron chi connectivity index (χ0n) is 15.2. The lowest BCUT2D eigenvalue weighted by molar-refractivity contribution is -0.115.